The van der Waals surface area contributed by atoms with Crippen molar-refractivity contribution >= 4 is 11.9 Å². The van der Waals surface area contributed by atoms with Crippen molar-refractivity contribution in [2.24, 2.45) is 0 Å². The minimum Gasteiger partial charge on any atom is -0.462 e. The minimum atomic E-state index is -0.780. The molecule has 482 valence electrons. The molecular formula is C78H140O5. The van der Waals surface area contributed by atoms with Crippen molar-refractivity contribution < 1.29 is 24.2 Å². The highest BCUT2D eigenvalue weighted by Gasteiger charge is 2.16. The number of allylic oxidation sites excluding steroid dienone is 14. The molecule has 0 aliphatic heterocycles. The average Bonchev–Trinajstić information content (AvgIpc) is 3.49. The first-order chi connectivity index (χ1) is 41.1. The Morgan fingerprint density at radius 3 is 0.783 bits per heavy atom. The van der Waals surface area contributed by atoms with Crippen molar-refractivity contribution in [3.05, 3.63) is 85.1 Å². The summed E-state index contributed by atoms with van der Waals surface area (Å²) in [6, 6.07) is 0. The second-order valence-electron chi connectivity index (χ2n) is 24.7. The molecular weight excluding hydrogens is 1020 g/mol. The maximum atomic E-state index is 12.4. The van der Waals surface area contributed by atoms with Crippen molar-refractivity contribution in [1.82, 2.24) is 0 Å². The Morgan fingerprint density at radius 2 is 0.518 bits per heavy atom. The van der Waals surface area contributed by atoms with Crippen molar-refractivity contribution in [3.63, 3.8) is 0 Å². The van der Waals surface area contributed by atoms with E-state index in [0.29, 0.717) is 12.8 Å². The van der Waals surface area contributed by atoms with Gasteiger partial charge in [0.25, 0.3) is 0 Å². The molecule has 0 amide bonds. The first kappa shape index (κ1) is 80.1. The molecule has 83 heavy (non-hydrogen) atoms. The summed E-state index contributed by atoms with van der Waals surface area (Å²) in [6.45, 7) is 4.07. The van der Waals surface area contributed by atoms with Crippen LogP contribution in [0.3, 0.4) is 0 Å². The zero-order valence-corrected chi connectivity index (χ0v) is 55.5. The molecule has 0 spiro atoms. The molecule has 0 aliphatic carbocycles. The molecule has 0 aromatic rings. The van der Waals surface area contributed by atoms with Crippen LogP contribution in [0.25, 0.3) is 0 Å². The fourth-order valence-electron chi connectivity index (χ4n) is 11.0. The lowest BCUT2D eigenvalue weighted by atomic mass is 10.0. The van der Waals surface area contributed by atoms with Gasteiger partial charge in [-0.3, -0.25) is 9.59 Å². The summed E-state index contributed by atoms with van der Waals surface area (Å²) in [5.74, 6) is -0.584. The summed E-state index contributed by atoms with van der Waals surface area (Å²) >= 11 is 0. The fraction of sp³-hybridized carbons (Fsp3) is 0.795. The number of carbonyl (C=O) groups excluding carboxylic acids is 2. The van der Waals surface area contributed by atoms with Gasteiger partial charge in [0.05, 0.1) is 6.61 Å². The molecule has 1 N–H and O–H groups in total. The lowest BCUT2D eigenvalue weighted by molar-refractivity contribution is -0.161. The van der Waals surface area contributed by atoms with Crippen LogP contribution >= 0.6 is 0 Å². The molecule has 0 saturated heterocycles. The molecule has 0 rings (SSSR count). The highest BCUT2D eigenvalue weighted by atomic mass is 16.6. The van der Waals surface area contributed by atoms with Crippen LogP contribution in [0.15, 0.2) is 85.1 Å². The molecule has 5 heteroatoms. The van der Waals surface area contributed by atoms with Crippen molar-refractivity contribution in [1.29, 1.82) is 0 Å². The largest absolute Gasteiger partial charge is 0.462 e. The molecule has 0 heterocycles. The van der Waals surface area contributed by atoms with Gasteiger partial charge in [0.15, 0.2) is 6.10 Å². The van der Waals surface area contributed by atoms with Gasteiger partial charge in [-0.25, -0.2) is 0 Å². The fourth-order valence-corrected chi connectivity index (χ4v) is 11.0. The van der Waals surface area contributed by atoms with Crippen LogP contribution in [0.5, 0.6) is 0 Å². The second-order valence-corrected chi connectivity index (χ2v) is 24.7. The number of aliphatic hydroxyl groups excluding tert-OH is 1. The van der Waals surface area contributed by atoms with Crippen molar-refractivity contribution in [2.45, 2.75) is 386 Å². The Balaban J connectivity index is 3.43. The minimum absolute atomic E-state index is 0.0680. The van der Waals surface area contributed by atoms with E-state index in [1.54, 1.807) is 0 Å². The van der Waals surface area contributed by atoms with Gasteiger partial charge in [-0.2, -0.15) is 0 Å². The van der Waals surface area contributed by atoms with E-state index in [1.165, 1.54) is 263 Å². The van der Waals surface area contributed by atoms with E-state index < -0.39 is 6.10 Å². The number of ether oxygens (including phenoxy) is 2. The van der Waals surface area contributed by atoms with E-state index in [1.807, 2.05) is 0 Å². The Hall–Kier alpha value is -2.92. The predicted molar refractivity (Wildman–Crippen MR) is 366 cm³/mol. The van der Waals surface area contributed by atoms with E-state index in [4.69, 9.17) is 9.47 Å². The van der Waals surface area contributed by atoms with Gasteiger partial charge in [-0.05, 0) is 70.6 Å². The molecule has 5 nitrogen and oxygen atoms in total. The molecule has 0 bridgehead atoms. The third kappa shape index (κ3) is 71.5. The number of esters is 2. The number of unbranched alkanes of at least 4 members (excludes halogenated alkanes) is 46. The molecule has 0 radical (unpaired) electrons. The zero-order chi connectivity index (χ0) is 59.8. The molecule has 0 saturated carbocycles. The molecule has 0 aromatic heterocycles. The smallest absolute Gasteiger partial charge is 0.306 e. The van der Waals surface area contributed by atoms with Crippen LogP contribution in [0, 0.1) is 0 Å². The molecule has 1 unspecified atom stereocenters. The van der Waals surface area contributed by atoms with Gasteiger partial charge in [0.1, 0.15) is 6.61 Å². The molecule has 1 atom stereocenters. The first-order valence-corrected chi connectivity index (χ1v) is 36.6. The predicted octanol–water partition coefficient (Wildman–Crippen LogP) is 25.6. The highest BCUT2D eigenvalue weighted by Crippen LogP contribution is 2.19. The lowest BCUT2D eigenvalue weighted by Gasteiger charge is -2.15. The highest BCUT2D eigenvalue weighted by molar-refractivity contribution is 5.70. The number of carbonyl (C=O) groups is 2. The second kappa shape index (κ2) is 73.3. The summed E-state index contributed by atoms with van der Waals surface area (Å²) < 4.78 is 10.8. The van der Waals surface area contributed by atoms with Crippen molar-refractivity contribution in [3.8, 4) is 0 Å². The third-order valence-electron chi connectivity index (χ3n) is 16.5. The van der Waals surface area contributed by atoms with E-state index in [9.17, 15) is 14.7 Å². The molecule has 0 fully saturated rings. The summed E-state index contributed by atoms with van der Waals surface area (Å²) in [5, 5.41) is 9.71. The standard InChI is InChI=1S/C78H140O5/c1-3-5-7-9-11-13-15-17-19-21-23-25-27-29-31-33-35-36-37-38-39-40-41-43-44-46-48-50-52-54-56-58-60-62-64-66-68-70-72-77(80)82-75-76(74-79)83-78(81)73-71-69-67-65-63-61-59-57-55-53-51-49-47-45-42-34-32-30-28-26-24-22-20-18-16-14-12-10-8-6-4-2/h6,8,12,14,18,20,24,26,30,32,42,45,49,51,76,79H,3-5,7,9-11,13,15-17,19,21-23,25,27-29,31,33-41,43-44,46-48,50,52-75H2,1-2H3/b8-6-,14-12-,20-18-,26-24-,32-30-,45-42-,51-49-. The number of aliphatic hydroxyl groups is 1. The van der Waals surface area contributed by atoms with Crippen LogP contribution in [-0.4, -0.2) is 36.4 Å². The van der Waals surface area contributed by atoms with Crippen LogP contribution in [0.1, 0.15) is 380 Å². The van der Waals surface area contributed by atoms with Gasteiger partial charge in [0.2, 0.25) is 0 Å². The van der Waals surface area contributed by atoms with Crippen LogP contribution in [-0.2, 0) is 19.1 Å². The Kier molecular flexibility index (Phi) is 70.8. The maximum absolute atomic E-state index is 12.4. The van der Waals surface area contributed by atoms with Gasteiger partial charge < -0.3 is 14.6 Å². The monoisotopic (exact) mass is 1160 g/mol. The van der Waals surface area contributed by atoms with Gasteiger partial charge >= 0.3 is 11.9 Å². The molecule has 0 aliphatic rings. The van der Waals surface area contributed by atoms with E-state index in [-0.39, 0.29) is 25.2 Å². The number of hydrogen-bond acceptors (Lipinski definition) is 5. The number of rotatable bonds is 68. The van der Waals surface area contributed by atoms with E-state index in [0.717, 1.165) is 89.9 Å². The van der Waals surface area contributed by atoms with E-state index >= 15 is 0 Å². The zero-order valence-electron chi connectivity index (χ0n) is 55.5. The normalized spacial score (nSPS) is 12.7. The molecule has 0 aromatic carbocycles. The Labute approximate surface area is 517 Å². The summed E-state index contributed by atoms with van der Waals surface area (Å²) in [7, 11) is 0. The van der Waals surface area contributed by atoms with Gasteiger partial charge in [-0.1, -0.05) is 381 Å². The van der Waals surface area contributed by atoms with Crippen LogP contribution in [0.2, 0.25) is 0 Å². The quantitative estimate of drug-likeness (QED) is 0.0373. The SMILES string of the molecule is CC/C=C\C/C=C\C/C=C\C/C=C\C/C=C\C/C=C\C/C=C\CCCCCCCCCCCC(=O)OC(CO)COC(=O)CCCCCCCCCCCCCCCCCCCCCCCCCCCCCCCCCCCCCCCC. The van der Waals surface area contributed by atoms with Gasteiger partial charge in [-0.15, -0.1) is 0 Å². The summed E-state index contributed by atoms with van der Waals surface area (Å²) in [5.41, 5.74) is 0. The van der Waals surface area contributed by atoms with Crippen LogP contribution < -0.4 is 0 Å². The lowest BCUT2D eigenvalue weighted by Crippen LogP contribution is -2.28. The van der Waals surface area contributed by atoms with Crippen LogP contribution in [0.4, 0.5) is 0 Å². The maximum Gasteiger partial charge on any atom is 0.306 e. The summed E-state index contributed by atoms with van der Waals surface area (Å²) in [4.78, 5) is 24.7. The van der Waals surface area contributed by atoms with Gasteiger partial charge in [0, 0.05) is 12.8 Å². The van der Waals surface area contributed by atoms with Crippen molar-refractivity contribution in [2.75, 3.05) is 13.2 Å². The first-order valence-electron chi connectivity index (χ1n) is 36.6. The third-order valence-corrected chi connectivity index (χ3v) is 16.5. The topological polar surface area (TPSA) is 72.8 Å². The Morgan fingerprint density at radius 1 is 0.289 bits per heavy atom. The Bertz CT molecular complexity index is 1500. The van der Waals surface area contributed by atoms with E-state index in [2.05, 4.69) is 98.9 Å². The summed E-state index contributed by atoms with van der Waals surface area (Å²) in [6.07, 6.45) is 104. The average molecular weight is 1160 g/mol. The number of hydrogen-bond donors (Lipinski definition) is 1.